The number of H-pyrrole nitrogens is 1. The fourth-order valence-electron chi connectivity index (χ4n) is 3.52. The van der Waals surface area contributed by atoms with Crippen molar-refractivity contribution < 1.29 is 9.66 Å². The number of nitrogens with two attached hydrogens (primary N) is 1. The molecule has 1 unspecified atom stereocenters. The lowest BCUT2D eigenvalue weighted by atomic mass is 9.82. The van der Waals surface area contributed by atoms with Crippen LogP contribution in [0.25, 0.3) is 11.3 Å². The van der Waals surface area contributed by atoms with Crippen molar-refractivity contribution in [1.82, 2.24) is 10.2 Å². The SMILES string of the molecule is CCc1ccc(C2C(C#N)=C(N)Oc3n[nH]c(-c4cccc([N+](=O)[O-])c4)c32)cc1. The van der Waals surface area contributed by atoms with Crippen LogP contribution in [-0.4, -0.2) is 15.1 Å². The Morgan fingerprint density at radius 3 is 2.72 bits per heavy atom. The van der Waals surface area contributed by atoms with E-state index in [1.165, 1.54) is 17.7 Å². The Labute approximate surface area is 166 Å². The van der Waals surface area contributed by atoms with Gasteiger partial charge in [0.1, 0.15) is 11.6 Å². The number of nitro groups is 1. The maximum absolute atomic E-state index is 11.2. The van der Waals surface area contributed by atoms with Crippen LogP contribution >= 0.6 is 0 Å². The van der Waals surface area contributed by atoms with Crippen LogP contribution in [0.5, 0.6) is 5.88 Å². The van der Waals surface area contributed by atoms with Crippen molar-refractivity contribution in [3.63, 3.8) is 0 Å². The molecule has 2 aromatic carbocycles. The van der Waals surface area contributed by atoms with E-state index in [9.17, 15) is 15.4 Å². The molecule has 0 saturated heterocycles. The predicted molar refractivity (Wildman–Crippen MR) is 106 cm³/mol. The molecule has 0 radical (unpaired) electrons. The molecule has 8 heteroatoms. The number of hydrogen-bond donors (Lipinski definition) is 2. The number of nitrogens with one attached hydrogen (secondary N) is 1. The van der Waals surface area contributed by atoms with Crippen molar-refractivity contribution in [2.75, 3.05) is 0 Å². The van der Waals surface area contributed by atoms with E-state index >= 15 is 0 Å². The predicted octanol–water partition coefficient (Wildman–Crippen LogP) is 3.77. The fourth-order valence-corrected chi connectivity index (χ4v) is 3.52. The van der Waals surface area contributed by atoms with Crippen molar-refractivity contribution in [3.05, 3.63) is 86.8 Å². The molecular formula is C21H17N5O3. The summed E-state index contributed by atoms with van der Waals surface area (Å²) < 4.78 is 5.57. The van der Waals surface area contributed by atoms with Gasteiger partial charge in [0.05, 0.1) is 22.1 Å². The minimum Gasteiger partial charge on any atom is -0.420 e. The Bertz CT molecular complexity index is 1170. The van der Waals surface area contributed by atoms with Crippen LogP contribution in [-0.2, 0) is 6.42 Å². The van der Waals surface area contributed by atoms with E-state index in [1.54, 1.807) is 12.1 Å². The van der Waals surface area contributed by atoms with Gasteiger partial charge in [0, 0.05) is 17.7 Å². The van der Waals surface area contributed by atoms with Gasteiger partial charge in [-0.1, -0.05) is 43.3 Å². The number of nitriles is 1. The topological polar surface area (TPSA) is 131 Å². The van der Waals surface area contributed by atoms with Crippen LogP contribution in [0, 0.1) is 21.4 Å². The van der Waals surface area contributed by atoms with Crippen LogP contribution in [0.4, 0.5) is 5.69 Å². The number of benzene rings is 2. The van der Waals surface area contributed by atoms with Crippen LogP contribution in [0.3, 0.4) is 0 Å². The van der Waals surface area contributed by atoms with Crippen molar-refractivity contribution in [3.8, 4) is 23.2 Å². The molecule has 1 aliphatic rings. The van der Waals surface area contributed by atoms with Gasteiger partial charge in [0.2, 0.25) is 11.8 Å². The quantitative estimate of drug-likeness (QED) is 0.517. The molecule has 0 aliphatic carbocycles. The van der Waals surface area contributed by atoms with Crippen LogP contribution in [0.1, 0.15) is 29.5 Å². The number of fused-ring (bicyclic) bond motifs is 1. The zero-order valence-electron chi connectivity index (χ0n) is 15.5. The summed E-state index contributed by atoms with van der Waals surface area (Å²) in [7, 11) is 0. The molecule has 144 valence electrons. The lowest BCUT2D eigenvalue weighted by Gasteiger charge is -2.24. The lowest BCUT2D eigenvalue weighted by molar-refractivity contribution is -0.384. The van der Waals surface area contributed by atoms with Gasteiger partial charge >= 0.3 is 0 Å². The van der Waals surface area contributed by atoms with E-state index in [0.717, 1.165) is 12.0 Å². The number of hydrogen-bond acceptors (Lipinski definition) is 6. The van der Waals surface area contributed by atoms with Gasteiger partial charge in [-0.25, -0.2) is 0 Å². The van der Waals surface area contributed by atoms with Gasteiger partial charge in [-0.05, 0) is 17.5 Å². The summed E-state index contributed by atoms with van der Waals surface area (Å²) in [6.07, 6.45) is 0.896. The Hall–Kier alpha value is -4.12. The second-order valence-electron chi connectivity index (χ2n) is 6.64. The standard InChI is InChI=1S/C21H17N5O3/c1-2-12-6-8-13(9-7-12)17-16(11-22)20(23)29-21-18(17)19(24-25-21)14-4-3-5-15(10-14)26(27)28/h3-10,17H,2,23H2,1H3,(H,24,25). The van der Waals surface area contributed by atoms with Crippen molar-refractivity contribution in [2.24, 2.45) is 5.73 Å². The van der Waals surface area contributed by atoms with E-state index in [4.69, 9.17) is 10.5 Å². The first-order chi connectivity index (χ1) is 14.0. The van der Waals surface area contributed by atoms with Crippen molar-refractivity contribution in [1.29, 1.82) is 5.26 Å². The molecule has 0 amide bonds. The van der Waals surface area contributed by atoms with E-state index in [0.29, 0.717) is 16.8 Å². The normalized spacial score (nSPS) is 15.4. The first kappa shape index (κ1) is 18.3. The number of nitro benzene ring substituents is 1. The largest absolute Gasteiger partial charge is 0.420 e. The third-order valence-electron chi connectivity index (χ3n) is 5.01. The fraction of sp³-hybridized carbons (Fsp3) is 0.143. The summed E-state index contributed by atoms with van der Waals surface area (Å²) in [5.41, 5.74) is 10.0. The van der Waals surface area contributed by atoms with Gasteiger partial charge < -0.3 is 10.5 Å². The third-order valence-corrected chi connectivity index (χ3v) is 5.01. The van der Waals surface area contributed by atoms with Crippen LogP contribution in [0.2, 0.25) is 0 Å². The molecule has 8 nitrogen and oxygen atoms in total. The molecule has 3 N–H and O–H groups in total. The highest BCUT2D eigenvalue weighted by Crippen LogP contribution is 2.45. The first-order valence-corrected chi connectivity index (χ1v) is 9.03. The summed E-state index contributed by atoms with van der Waals surface area (Å²) in [5, 5.41) is 28.0. The molecule has 2 heterocycles. The maximum atomic E-state index is 11.2. The molecule has 1 atom stereocenters. The molecular weight excluding hydrogens is 370 g/mol. The summed E-state index contributed by atoms with van der Waals surface area (Å²) in [4.78, 5) is 10.7. The summed E-state index contributed by atoms with van der Waals surface area (Å²) >= 11 is 0. The zero-order valence-corrected chi connectivity index (χ0v) is 15.5. The van der Waals surface area contributed by atoms with Crippen LogP contribution < -0.4 is 10.5 Å². The Morgan fingerprint density at radius 1 is 1.31 bits per heavy atom. The number of allylic oxidation sites excluding steroid dienone is 1. The summed E-state index contributed by atoms with van der Waals surface area (Å²) in [6, 6.07) is 16.3. The monoisotopic (exact) mass is 387 g/mol. The number of aromatic amines is 1. The lowest BCUT2D eigenvalue weighted by Crippen LogP contribution is -2.21. The number of rotatable bonds is 4. The molecule has 0 bridgehead atoms. The smallest absolute Gasteiger partial charge is 0.270 e. The molecule has 3 aromatic rings. The van der Waals surface area contributed by atoms with E-state index < -0.39 is 10.8 Å². The number of aromatic nitrogens is 2. The minimum atomic E-state index is -0.498. The first-order valence-electron chi connectivity index (χ1n) is 9.03. The molecule has 0 fully saturated rings. The van der Waals surface area contributed by atoms with Gasteiger partial charge in [-0.3, -0.25) is 15.2 Å². The summed E-state index contributed by atoms with van der Waals surface area (Å²) in [5.74, 6) is -0.239. The molecule has 1 aromatic heterocycles. The van der Waals surface area contributed by atoms with E-state index in [1.807, 2.05) is 24.3 Å². The molecule has 4 rings (SSSR count). The Balaban J connectivity index is 1.91. The molecule has 1 aliphatic heterocycles. The molecule has 0 spiro atoms. The number of non-ortho nitro benzene ring substituents is 1. The van der Waals surface area contributed by atoms with E-state index in [-0.39, 0.29) is 23.0 Å². The highest BCUT2D eigenvalue weighted by Gasteiger charge is 2.35. The van der Waals surface area contributed by atoms with Gasteiger partial charge in [0.25, 0.3) is 5.69 Å². The maximum Gasteiger partial charge on any atom is 0.270 e. The van der Waals surface area contributed by atoms with Crippen LogP contribution in [0.15, 0.2) is 60.0 Å². The summed E-state index contributed by atoms with van der Waals surface area (Å²) in [6.45, 7) is 2.07. The minimum absolute atomic E-state index is 0.00154. The van der Waals surface area contributed by atoms with Gasteiger partial charge in [0.15, 0.2) is 0 Å². The van der Waals surface area contributed by atoms with Crippen molar-refractivity contribution >= 4 is 5.69 Å². The second kappa shape index (κ2) is 7.13. The van der Waals surface area contributed by atoms with Crippen molar-refractivity contribution in [2.45, 2.75) is 19.3 Å². The highest BCUT2D eigenvalue weighted by molar-refractivity contribution is 5.72. The van der Waals surface area contributed by atoms with E-state index in [2.05, 4.69) is 23.2 Å². The number of nitrogens with zero attached hydrogens (tertiary/aromatic N) is 3. The average molecular weight is 387 g/mol. The third kappa shape index (κ3) is 3.08. The number of ether oxygens (including phenoxy) is 1. The van der Waals surface area contributed by atoms with Gasteiger partial charge in [-0.15, -0.1) is 5.10 Å². The highest BCUT2D eigenvalue weighted by atomic mass is 16.6. The Kier molecular flexibility index (Phi) is 4.49. The van der Waals surface area contributed by atoms with Gasteiger partial charge in [-0.2, -0.15) is 5.26 Å². The Morgan fingerprint density at radius 2 is 2.07 bits per heavy atom. The molecule has 29 heavy (non-hydrogen) atoms. The average Bonchev–Trinajstić information content (AvgIpc) is 3.16. The number of aryl methyl sites for hydroxylation is 1. The molecule has 0 saturated carbocycles. The second-order valence-corrected chi connectivity index (χ2v) is 6.64. The zero-order chi connectivity index (χ0) is 20.5.